The van der Waals surface area contributed by atoms with Crippen LogP contribution in [0.1, 0.15) is 12.5 Å². The molecule has 0 aromatic heterocycles. The molecule has 86 valence electrons. The zero-order valence-electron chi connectivity index (χ0n) is 8.93. The minimum atomic E-state index is -0.424. The summed E-state index contributed by atoms with van der Waals surface area (Å²) < 4.78 is 23.5. The molecule has 0 spiro atoms. The highest BCUT2D eigenvalue weighted by atomic mass is 35.5. The summed E-state index contributed by atoms with van der Waals surface area (Å²) in [5.41, 5.74) is 0.310. The molecule has 0 bridgehead atoms. The van der Waals surface area contributed by atoms with Gasteiger partial charge in [-0.15, -0.1) is 11.6 Å². The Morgan fingerprint density at radius 3 is 2.88 bits per heavy atom. The van der Waals surface area contributed by atoms with Gasteiger partial charge in [0.2, 0.25) is 0 Å². The maximum atomic E-state index is 13.4. The summed E-state index contributed by atoms with van der Waals surface area (Å²) >= 11 is 5.38. The Morgan fingerprint density at radius 2 is 2.25 bits per heavy atom. The third-order valence-electron chi connectivity index (χ3n) is 1.74. The predicted octanol–water partition coefficient (Wildman–Crippen LogP) is 2.79. The van der Waals surface area contributed by atoms with Crippen molar-refractivity contribution < 1.29 is 13.9 Å². The normalized spacial score (nSPS) is 9.44. The number of hydrogen-bond acceptors (Lipinski definition) is 2. The van der Waals surface area contributed by atoms with E-state index in [-0.39, 0.29) is 12.7 Å². The van der Waals surface area contributed by atoms with Crippen LogP contribution in [0.15, 0.2) is 18.2 Å². The number of benzene rings is 1. The second kappa shape index (κ2) is 7.10. The highest BCUT2D eigenvalue weighted by Crippen LogP contribution is 2.15. The molecular weight excluding hydrogens is 231 g/mol. The van der Waals surface area contributed by atoms with E-state index in [2.05, 4.69) is 11.8 Å². The second-order valence-corrected chi connectivity index (χ2v) is 3.10. The largest absolute Gasteiger partial charge is 0.467 e. The maximum Gasteiger partial charge on any atom is 0.189 e. The molecule has 0 aliphatic carbocycles. The summed E-state index contributed by atoms with van der Waals surface area (Å²) in [7, 11) is 0. The molecule has 0 unspecified atom stereocenters. The molecule has 1 rings (SSSR count). The lowest BCUT2D eigenvalue weighted by Gasteiger charge is -2.05. The average Bonchev–Trinajstić information content (AvgIpc) is 2.28. The van der Waals surface area contributed by atoms with Crippen LogP contribution in [0.3, 0.4) is 0 Å². The van der Waals surface area contributed by atoms with E-state index < -0.39 is 5.82 Å². The van der Waals surface area contributed by atoms with Crippen LogP contribution in [0, 0.1) is 17.7 Å². The smallest absolute Gasteiger partial charge is 0.189 e. The highest BCUT2D eigenvalue weighted by Gasteiger charge is 2.01. The molecule has 2 nitrogen and oxygen atoms in total. The Morgan fingerprint density at radius 1 is 1.44 bits per heavy atom. The fourth-order valence-electron chi connectivity index (χ4n) is 1.01. The molecular formula is C12H12ClFO2. The first-order valence-electron chi connectivity index (χ1n) is 4.83. The van der Waals surface area contributed by atoms with E-state index in [4.69, 9.17) is 21.1 Å². The van der Waals surface area contributed by atoms with Gasteiger partial charge in [-0.1, -0.05) is 11.8 Å². The average molecular weight is 243 g/mol. The van der Waals surface area contributed by atoms with Gasteiger partial charge in [-0.05, 0) is 19.1 Å². The second-order valence-electron chi connectivity index (χ2n) is 2.83. The Kier molecular flexibility index (Phi) is 5.69. The zero-order valence-corrected chi connectivity index (χ0v) is 9.68. The van der Waals surface area contributed by atoms with Crippen LogP contribution < -0.4 is 4.74 Å². The monoisotopic (exact) mass is 242 g/mol. The summed E-state index contributed by atoms with van der Waals surface area (Å²) in [6, 6.07) is 4.47. The van der Waals surface area contributed by atoms with Gasteiger partial charge in [-0.25, -0.2) is 4.39 Å². The summed E-state index contributed by atoms with van der Waals surface area (Å²) in [5.74, 6) is 5.38. The van der Waals surface area contributed by atoms with E-state index in [0.717, 1.165) is 0 Å². The molecule has 0 saturated heterocycles. The first kappa shape index (κ1) is 12.8. The van der Waals surface area contributed by atoms with Crippen LogP contribution in [0.4, 0.5) is 4.39 Å². The molecule has 1 aromatic rings. The number of rotatable bonds is 4. The number of hydrogen-bond donors (Lipinski definition) is 0. The lowest BCUT2D eigenvalue weighted by atomic mass is 10.2. The molecule has 0 saturated carbocycles. The van der Waals surface area contributed by atoms with Crippen LogP contribution in [-0.4, -0.2) is 19.3 Å². The van der Waals surface area contributed by atoms with E-state index in [1.165, 1.54) is 6.07 Å². The zero-order chi connectivity index (χ0) is 11.8. The van der Waals surface area contributed by atoms with Gasteiger partial charge in [-0.3, -0.25) is 0 Å². The lowest BCUT2D eigenvalue weighted by Crippen LogP contribution is -2.02. The maximum absolute atomic E-state index is 13.4. The lowest BCUT2D eigenvalue weighted by molar-refractivity contribution is 0.0222. The summed E-state index contributed by atoms with van der Waals surface area (Å²) in [4.78, 5) is 0. The van der Waals surface area contributed by atoms with Gasteiger partial charge in [0.05, 0.1) is 11.4 Å². The first-order valence-corrected chi connectivity index (χ1v) is 5.36. The fourth-order valence-corrected chi connectivity index (χ4v) is 1.08. The van der Waals surface area contributed by atoms with E-state index in [0.29, 0.717) is 17.9 Å². The standard InChI is InChI=1S/C12H12ClFO2/c1-2-15-9-16-11-6-5-10(4-3-7-13)12(14)8-11/h5-6,8H,2,7,9H2,1H3. The highest BCUT2D eigenvalue weighted by molar-refractivity contribution is 6.19. The molecule has 0 fully saturated rings. The van der Waals surface area contributed by atoms with Crippen molar-refractivity contribution in [1.29, 1.82) is 0 Å². The van der Waals surface area contributed by atoms with E-state index in [1.54, 1.807) is 12.1 Å². The molecule has 0 atom stereocenters. The van der Waals surface area contributed by atoms with Crippen LogP contribution in [0.2, 0.25) is 0 Å². The molecule has 0 radical (unpaired) electrons. The number of halogens is 2. The van der Waals surface area contributed by atoms with Crippen LogP contribution >= 0.6 is 11.6 Å². The van der Waals surface area contributed by atoms with Gasteiger partial charge in [0.15, 0.2) is 6.79 Å². The van der Waals surface area contributed by atoms with Crippen LogP contribution in [-0.2, 0) is 4.74 Å². The summed E-state index contributed by atoms with van der Waals surface area (Å²) in [5, 5.41) is 0. The van der Waals surface area contributed by atoms with Crippen LogP contribution in [0.25, 0.3) is 0 Å². The molecule has 1 aromatic carbocycles. The van der Waals surface area contributed by atoms with Gasteiger partial charge in [0.25, 0.3) is 0 Å². The van der Waals surface area contributed by atoms with E-state index in [9.17, 15) is 4.39 Å². The van der Waals surface area contributed by atoms with Gasteiger partial charge in [0.1, 0.15) is 11.6 Å². The van der Waals surface area contributed by atoms with E-state index in [1.807, 2.05) is 6.92 Å². The Bertz CT molecular complexity index is 396. The molecule has 0 aliphatic rings. The van der Waals surface area contributed by atoms with Crippen LogP contribution in [0.5, 0.6) is 5.75 Å². The van der Waals surface area contributed by atoms with Gasteiger partial charge in [0, 0.05) is 12.7 Å². The fraction of sp³-hybridized carbons (Fsp3) is 0.333. The van der Waals surface area contributed by atoms with Crippen molar-refractivity contribution in [2.24, 2.45) is 0 Å². The molecule has 0 aliphatic heterocycles. The minimum Gasteiger partial charge on any atom is -0.467 e. The van der Waals surface area contributed by atoms with E-state index >= 15 is 0 Å². The third kappa shape index (κ3) is 4.09. The Labute approximate surface area is 99.3 Å². The van der Waals surface area contributed by atoms with Crippen molar-refractivity contribution >= 4 is 11.6 Å². The van der Waals surface area contributed by atoms with Gasteiger partial charge >= 0.3 is 0 Å². The SMILES string of the molecule is CCOCOc1ccc(C#CCCl)c(F)c1. The Hall–Kier alpha value is -1.24. The van der Waals surface area contributed by atoms with Gasteiger partial charge < -0.3 is 9.47 Å². The first-order chi connectivity index (χ1) is 7.77. The van der Waals surface area contributed by atoms with Crippen molar-refractivity contribution in [3.05, 3.63) is 29.6 Å². The summed E-state index contributed by atoms with van der Waals surface area (Å²) in [6.07, 6.45) is 0. The number of ether oxygens (including phenoxy) is 2. The molecule has 16 heavy (non-hydrogen) atoms. The molecule has 4 heteroatoms. The van der Waals surface area contributed by atoms with Crippen molar-refractivity contribution in [1.82, 2.24) is 0 Å². The third-order valence-corrected chi connectivity index (χ3v) is 1.88. The topological polar surface area (TPSA) is 18.5 Å². The van der Waals surface area contributed by atoms with Crippen molar-refractivity contribution in [2.45, 2.75) is 6.92 Å². The summed E-state index contributed by atoms with van der Waals surface area (Å²) in [6.45, 7) is 2.53. The van der Waals surface area contributed by atoms with Crippen molar-refractivity contribution in [3.63, 3.8) is 0 Å². The molecule has 0 amide bonds. The molecule has 0 N–H and O–H groups in total. The molecule has 0 heterocycles. The van der Waals surface area contributed by atoms with Crippen molar-refractivity contribution in [3.8, 4) is 17.6 Å². The quantitative estimate of drug-likeness (QED) is 0.350. The van der Waals surface area contributed by atoms with Gasteiger partial charge in [-0.2, -0.15) is 0 Å². The number of alkyl halides is 1. The Balaban J connectivity index is 2.67. The minimum absolute atomic E-state index is 0.114. The van der Waals surface area contributed by atoms with Crippen molar-refractivity contribution in [2.75, 3.05) is 19.3 Å². The predicted molar refractivity (Wildman–Crippen MR) is 61.1 cm³/mol.